The maximum Gasteiger partial charge on any atom is 0.162 e. The molecule has 0 radical (unpaired) electrons. The van der Waals surface area contributed by atoms with Gasteiger partial charge >= 0.3 is 0 Å². The fraction of sp³-hybridized carbons (Fsp3) is 0.600. The minimum atomic E-state index is -0.0667. The van der Waals surface area contributed by atoms with E-state index in [1.807, 2.05) is 0 Å². The molecule has 2 heteroatoms. The molecule has 2 aliphatic rings. The third-order valence-corrected chi connectivity index (χ3v) is 4.18. The Balaban J connectivity index is 2.02. The van der Waals surface area contributed by atoms with Crippen LogP contribution in [0.15, 0.2) is 24.3 Å². The minimum absolute atomic E-state index is 0.0617. The van der Waals surface area contributed by atoms with Gasteiger partial charge in [0.25, 0.3) is 0 Å². The fourth-order valence-corrected chi connectivity index (χ4v) is 3.32. The summed E-state index contributed by atoms with van der Waals surface area (Å²) in [7, 11) is 1.75. The summed E-state index contributed by atoms with van der Waals surface area (Å²) >= 11 is 0. The molecule has 0 amide bonds. The molecule has 1 aromatic rings. The van der Waals surface area contributed by atoms with E-state index in [1.165, 1.54) is 30.4 Å². The highest BCUT2D eigenvalue weighted by molar-refractivity contribution is 5.35. The predicted molar refractivity (Wildman–Crippen MR) is 66.8 cm³/mol. The smallest absolute Gasteiger partial charge is 0.162 e. The first kappa shape index (κ1) is 11.2. The highest BCUT2D eigenvalue weighted by Crippen LogP contribution is 2.45. The molecule has 92 valence electrons. The fourth-order valence-electron chi connectivity index (χ4n) is 3.32. The van der Waals surface area contributed by atoms with Crippen LogP contribution in [0.25, 0.3) is 0 Å². The summed E-state index contributed by atoms with van der Waals surface area (Å²) in [6, 6.07) is 8.71. The van der Waals surface area contributed by atoms with Gasteiger partial charge in [-0.15, -0.1) is 0 Å². The summed E-state index contributed by atoms with van der Waals surface area (Å²) in [5.74, 6) is 0. The second-order valence-corrected chi connectivity index (χ2v) is 5.20. The van der Waals surface area contributed by atoms with Gasteiger partial charge in [0.1, 0.15) is 0 Å². The predicted octanol–water partition coefficient (Wildman–Crippen LogP) is 3.39. The Labute approximate surface area is 103 Å². The minimum Gasteiger partial charge on any atom is -0.356 e. The van der Waals surface area contributed by atoms with E-state index in [9.17, 15) is 0 Å². The third-order valence-electron chi connectivity index (χ3n) is 4.18. The molecule has 1 aromatic carbocycles. The van der Waals surface area contributed by atoms with Crippen molar-refractivity contribution in [1.29, 1.82) is 0 Å². The Kier molecular flexibility index (Phi) is 2.93. The molecule has 1 atom stereocenters. The van der Waals surface area contributed by atoms with Crippen molar-refractivity contribution >= 4 is 0 Å². The first-order valence-corrected chi connectivity index (χ1v) is 6.63. The van der Waals surface area contributed by atoms with E-state index in [0.29, 0.717) is 0 Å². The number of benzene rings is 1. The molecule has 1 spiro atoms. The van der Waals surface area contributed by atoms with Crippen LogP contribution in [-0.2, 0) is 21.5 Å². The van der Waals surface area contributed by atoms with Gasteiger partial charge in [0.2, 0.25) is 0 Å². The number of hydrogen-bond acceptors (Lipinski definition) is 2. The molecule has 1 aliphatic heterocycles. The molecule has 1 heterocycles. The van der Waals surface area contributed by atoms with Crippen LogP contribution in [0.2, 0.25) is 0 Å². The van der Waals surface area contributed by atoms with Crippen LogP contribution in [0, 0.1) is 0 Å². The van der Waals surface area contributed by atoms with Crippen molar-refractivity contribution in [2.75, 3.05) is 7.11 Å². The van der Waals surface area contributed by atoms with Gasteiger partial charge in [-0.25, -0.2) is 0 Å². The number of methoxy groups -OCH3 is 1. The van der Waals surface area contributed by atoms with Crippen molar-refractivity contribution in [3.05, 3.63) is 35.4 Å². The topological polar surface area (TPSA) is 18.5 Å². The SMILES string of the molecule is COC1Cc2ccccc2C2(CCCCC2)O1. The first-order valence-electron chi connectivity index (χ1n) is 6.63. The summed E-state index contributed by atoms with van der Waals surface area (Å²) in [6.07, 6.45) is 6.98. The van der Waals surface area contributed by atoms with Gasteiger partial charge in [-0.1, -0.05) is 43.5 Å². The summed E-state index contributed by atoms with van der Waals surface area (Å²) < 4.78 is 11.7. The Bertz CT molecular complexity index is 394. The molecule has 2 nitrogen and oxygen atoms in total. The summed E-state index contributed by atoms with van der Waals surface area (Å²) in [4.78, 5) is 0. The summed E-state index contributed by atoms with van der Waals surface area (Å²) in [5.41, 5.74) is 2.76. The highest BCUT2D eigenvalue weighted by Gasteiger charge is 2.41. The Morgan fingerprint density at radius 1 is 1.18 bits per heavy atom. The van der Waals surface area contributed by atoms with Crippen molar-refractivity contribution in [2.45, 2.75) is 50.4 Å². The molecular weight excluding hydrogens is 212 g/mol. The average Bonchev–Trinajstić information content (AvgIpc) is 2.40. The second-order valence-electron chi connectivity index (χ2n) is 5.20. The average molecular weight is 232 g/mol. The third kappa shape index (κ3) is 1.90. The zero-order chi connectivity index (χ0) is 11.7. The number of ether oxygens (including phenoxy) is 2. The van der Waals surface area contributed by atoms with E-state index in [-0.39, 0.29) is 11.9 Å². The monoisotopic (exact) mass is 232 g/mol. The lowest BCUT2D eigenvalue weighted by molar-refractivity contribution is -0.223. The van der Waals surface area contributed by atoms with Crippen LogP contribution in [-0.4, -0.2) is 13.4 Å². The van der Waals surface area contributed by atoms with Gasteiger partial charge in [0.05, 0.1) is 5.60 Å². The Morgan fingerprint density at radius 2 is 1.94 bits per heavy atom. The van der Waals surface area contributed by atoms with Gasteiger partial charge in [-0.05, 0) is 24.0 Å². The zero-order valence-electron chi connectivity index (χ0n) is 10.4. The molecule has 3 rings (SSSR count). The van der Waals surface area contributed by atoms with E-state index >= 15 is 0 Å². The second kappa shape index (κ2) is 4.43. The number of fused-ring (bicyclic) bond motifs is 2. The molecule has 1 unspecified atom stereocenters. The highest BCUT2D eigenvalue weighted by atomic mass is 16.7. The first-order chi connectivity index (χ1) is 8.34. The summed E-state index contributed by atoms with van der Waals surface area (Å²) in [5, 5.41) is 0. The number of hydrogen-bond donors (Lipinski definition) is 0. The zero-order valence-corrected chi connectivity index (χ0v) is 10.4. The maximum atomic E-state index is 6.27. The van der Waals surface area contributed by atoms with Crippen molar-refractivity contribution in [3.8, 4) is 0 Å². The molecule has 17 heavy (non-hydrogen) atoms. The standard InChI is InChI=1S/C15H20O2/c1-16-14-11-12-7-3-4-8-13(12)15(17-14)9-5-2-6-10-15/h3-4,7-8,14H,2,5-6,9-11H2,1H3. The van der Waals surface area contributed by atoms with E-state index in [1.54, 1.807) is 7.11 Å². The van der Waals surface area contributed by atoms with E-state index < -0.39 is 0 Å². The van der Waals surface area contributed by atoms with Crippen LogP contribution >= 0.6 is 0 Å². The van der Waals surface area contributed by atoms with Gasteiger partial charge in [0, 0.05) is 13.5 Å². The Hall–Kier alpha value is -0.860. The molecule has 0 bridgehead atoms. The van der Waals surface area contributed by atoms with E-state index in [0.717, 1.165) is 19.3 Å². The molecule has 1 aliphatic carbocycles. The molecular formula is C15H20O2. The van der Waals surface area contributed by atoms with Crippen LogP contribution in [0.3, 0.4) is 0 Å². The molecule has 0 aromatic heterocycles. The van der Waals surface area contributed by atoms with Crippen LogP contribution in [0.1, 0.15) is 43.2 Å². The van der Waals surface area contributed by atoms with Gasteiger partial charge in [-0.2, -0.15) is 0 Å². The molecule has 1 fully saturated rings. The molecule has 0 saturated heterocycles. The van der Waals surface area contributed by atoms with Gasteiger partial charge < -0.3 is 9.47 Å². The largest absolute Gasteiger partial charge is 0.356 e. The maximum absolute atomic E-state index is 6.27. The summed E-state index contributed by atoms with van der Waals surface area (Å²) in [6.45, 7) is 0. The van der Waals surface area contributed by atoms with Crippen LogP contribution < -0.4 is 0 Å². The van der Waals surface area contributed by atoms with Gasteiger partial charge in [0.15, 0.2) is 6.29 Å². The molecule has 1 saturated carbocycles. The van der Waals surface area contributed by atoms with Crippen molar-refractivity contribution in [2.24, 2.45) is 0 Å². The lowest BCUT2D eigenvalue weighted by Gasteiger charge is -2.44. The van der Waals surface area contributed by atoms with E-state index in [2.05, 4.69) is 24.3 Å². The number of rotatable bonds is 1. The van der Waals surface area contributed by atoms with Crippen molar-refractivity contribution in [3.63, 3.8) is 0 Å². The van der Waals surface area contributed by atoms with Crippen LogP contribution in [0.4, 0.5) is 0 Å². The normalized spacial score (nSPS) is 26.8. The van der Waals surface area contributed by atoms with Gasteiger partial charge in [-0.3, -0.25) is 0 Å². The van der Waals surface area contributed by atoms with Crippen molar-refractivity contribution < 1.29 is 9.47 Å². The quantitative estimate of drug-likeness (QED) is 0.739. The lowest BCUT2D eigenvalue weighted by atomic mass is 9.76. The van der Waals surface area contributed by atoms with E-state index in [4.69, 9.17) is 9.47 Å². The lowest BCUT2D eigenvalue weighted by Crippen LogP contribution is -2.42. The van der Waals surface area contributed by atoms with Crippen molar-refractivity contribution in [1.82, 2.24) is 0 Å². The molecule has 0 N–H and O–H groups in total. The van der Waals surface area contributed by atoms with Crippen LogP contribution in [0.5, 0.6) is 0 Å². The Morgan fingerprint density at radius 3 is 2.71 bits per heavy atom.